The lowest BCUT2D eigenvalue weighted by Crippen LogP contribution is -2.34. The van der Waals surface area contributed by atoms with Gasteiger partial charge in [0, 0.05) is 6.54 Å². The minimum atomic E-state index is -0.538. The SMILES string of the molecule is COc1cc(CNC(=O)C(C)OCc2ccccc2)cc(Br)c1OC. The zero-order valence-electron chi connectivity index (χ0n) is 14.5. The standard InChI is InChI=1S/C19H22BrNO4/c1-13(25-12-14-7-5-4-6-8-14)19(22)21-11-15-9-16(20)18(24-3)17(10-15)23-2/h4-10,13H,11-12H2,1-3H3,(H,21,22). The maximum absolute atomic E-state index is 12.2. The number of hydrogen-bond donors (Lipinski definition) is 1. The monoisotopic (exact) mass is 407 g/mol. The molecule has 0 spiro atoms. The van der Waals surface area contributed by atoms with E-state index in [0.29, 0.717) is 24.7 Å². The Bertz CT molecular complexity index is 706. The van der Waals surface area contributed by atoms with E-state index < -0.39 is 6.10 Å². The molecule has 0 aliphatic carbocycles. The van der Waals surface area contributed by atoms with Crippen LogP contribution in [-0.4, -0.2) is 26.2 Å². The Balaban J connectivity index is 1.89. The summed E-state index contributed by atoms with van der Waals surface area (Å²) in [6.45, 7) is 2.51. The largest absolute Gasteiger partial charge is 0.493 e. The third-order valence-electron chi connectivity index (χ3n) is 3.67. The molecule has 2 aromatic carbocycles. The lowest BCUT2D eigenvalue weighted by atomic mass is 10.2. The van der Waals surface area contributed by atoms with Gasteiger partial charge in [-0.05, 0) is 46.1 Å². The van der Waals surface area contributed by atoms with Crippen LogP contribution >= 0.6 is 15.9 Å². The molecule has 0 aliphatic heterocycles. The molecule has 1 amide bonds. The first-order valence-electron chi connectivity index (χ1n) is 7.88. The first kappa shape index (κ1) is 19.3. The summed E-state index contributed by atoms with van der Waals surface area (Å²) in [7, 11) is 3.15. The third-order valence-corrected chi connectivity index (χ3v) is 4.26. The fraction of sp³-hybridized carbons (Fsp3) is 0.316. The summed E-state index contributed by atoms with van der Waals surface area (Å²) in [5.74, 6) is 1.06. The van der Waals surface area contributed by atoms with E-state index in [9.17, 15) is 4.79 Å². The van der Waals surface area contributed by atoms with Crippen molar-refractivity contribution in [1.82, 2.24) is 5.32 Å². The maximum Gasteiger partial charge on any atom is 0.249 e. The van der Waals surface area contributed by atoms with Crippen LogP contribution in [0.2, 0.25) is 0 Å². The van der Waals surface area contributed by atoms with Gasteiger partial charge >= 0.3 is 0 Å². The van der Waals surface area contributed by atoms with Gasteiger partial charge in [-0.15, -0.1) is 0 Å². The van der Waals surface area contributed by atoms with Gasteiger partial charge in [0.15, 0.2) is 11.5 Å². The predicted molar refractivity (Wildman–Crippen MR) is 99.8 cm³/mol. The Labute approximate surface area is 156 Å². The van der Waals surface area contributed by atoms with Crippen LogP contribution < -0.4 is 14.8 Å². The third kappa shape index (κ3) is 5.47. The van der Waals surface area contributed by atoms with Gasteiger partial charge < -0.3 is 19.5 Å². The van der Waals surface area contributed by atoms with Crippen molar-refractivity contribution in [2.75, 3.05) is 14.2 Å². The molecule has 1 atom stereocenters. The molecule has 1 N–H and O–H groups in total. The average Bonchev–Trinajstić information content (AvgIpc) is 2.64. The molecule has 0 aromatic heterocycles. The zero-order chi connectivity index (χ0) is 18.2. The fourth-order valence-electron chi connectivity index (χ4n) is 2.28. The maximum atomic E-state index is 12.2. The fourth-order valence-corrected chi connectivity index (χ4v) is 2.93. The summed E-state index contributed by atoms with van der Waals surface area (Å²) in [4.78, 5) is 12.2. The number of amides is 1. The highest BCUT2D eigenvalue weighted by Gasteiger charge is 2.15. The van der Waals surface area contributed by atoms with Gasteiger partial charge in [0.25, 0.3) is 0 Å². The second-order valence-corrected chi connectivity index (χ2v) is 6.32. The van der Waals surface area contributed by atoms with Crippen molar-refractivity contribution in [3.63, 3.8) is 0 Å². The highest BCUT2D eigenvalue weighted by molar-refractivity contribution is 9.10. The number of nitrogens with one attached hydrogen (secondary N) is 1. The second kappa shape index (κ2) is 9.44. The Morgan fingerprint density at radius 1 is 1.12 bits per heavy atom. The summed E-state index contributed by atoms with van der Waals surface area (Å²) < 4.78 is 17.0. The highest BCUT2D eigenvalue weighted by Crippen LogP contribution is 2.36. The molecule has 0 saturated carbocycles. The number of methoxy groups -OCH3 is 2. The number of benzene rings is 2. The molecule has 0 fully saturated rings. The van der Waals surface area contributed by atoms with Crippen molar-refractivity contribution >= 4 is 21.8 Å². The molecule has 6 heteroatoms. The lowest BCUT2D eigenvalue weighted by Gasteiger charge is -2.15. The Morgan fingerprint density at radius 2 is 1.84 bits per heavy atom. The van der Waals surface area contributed by atoms with Crippen LogP contribution in [0.25, 0.3) is 0 Å². The van der Waals surface area contributed by atoms with Crippen molar-refractivity contribution in [2.45, 2.75) is 26.2 Å². The normalized spacial score (nSPS) is 11.7. The van der Waals surface area contributed by atoms with Crippen molar-refractivity contribution in [3.8, 4) is 11.5 Å². The van der Waals surface area contributed by atoms with E-state index in [2.05, 4.69) is 21.2 Å². The number of ether oxygens (including phenoxy) is 3. The Morgan fingerprint density at radius 3 is 2.48 bits per heavy atom. The molecule has 0 aliphatic rings. The number of carbonyl (C=O) groups excluding carboxylic acids is 1. The van der Waals surface area contributed by atoms with E-state index in [4.69, 9.17) is 14.2 Å². The Hall–Kier alpha value is -2.05. The summed E-state index contributed by atoms with van der Waals surface area (Å²) in [6.07, 6.45) is -0.538. The molecule has 5 nitrogen and oxygen atoms in total. The van der Waals surface area contributed by atoms with Gasteiger partial charge in [-0.25, -0.2) is 0 Å². The minimum absolute atomic E-state index is 0.165. The van der Waals surface area contributed by atoms with Crippen molar-refractivity contribution in [3.05, 3.63) is 58.1 Å². The molecule has 2 aromatic rings. The summed E-state index contributed by atoms with van der Waals surface area (Å²) >= 11 is 3.44. The second-order valence-electron chi connectivity index (χ2n) is 5.47. The van der Waals surface area contributed by atoms with Gasteiger partial charge in [-0.2, -0.15) is 0 Å². The van der Waals surface area contributed by atoms with Crippen LogP contribution in [0.1, 0.15) is 18.1 Å². The van der Waals surface area contributed by atoms with E-state index in [0.717, 1.165) is 15.6 Å². The first-order chi connectivity index (χ1) is 12.0. The van der Waals surface area contributed by atoms with E-state index in [1.165, 1.54) is 0 Å². The van der Waals surface area contributed by atoms with E-state index >= 15 is 0 Å². The van der Waals surface area contributed by atoms with Gasteiger partial charge in [-0.3, -0.25) is 4.79 Å². The topological polar surface area (TPSA) is 56.8 Å². The Kier molecular flexibility index (Phi) is 7.28. The van der Waals surface area contributed by atoms with Crippen molar-refractivity contribution in [2.24, 2.45) is 0 Å². The molecule has 0 saturated heterocycles. The van der Waals surface area contributed by atoms with Crippen LogP contribution in [0.3, 0.4) is 0 Å². The molecule has 0 radical (unpaired) electrons. The van der Waals surface area contributed by atoms with Crippen LogP contribution in [0.4, 0.5) is 0 Å². The summed E-state index contributed by atoms with van der Waals surface area (Å²) in [5.41, 5.74) is 1.93. The number of rotatable bonds is 8. The van der Waals surface area contributed by atoms with Gasteiger partial charge in [-0.1, -0.05) is 30.3 Å². The van der Waals surface area contributed by atoms with Crippen molar-refractivity contribution in [1.29, 1.82) is 0 Å². The van der Waals surface area contributed by atoms with Gasteiger partial charge in [0.2, 0.25) is 5.91 Å². The molecule has 1 unspecified atom stereocenters. The van der Waals surface area contributed by atoms with Crippen LogP contribution in [-0.2, 0) is 22.7 Å². The minimum Gasteiger partial charge on any atom is -0.493 e. The summed E-state index contributed by atoms with van der Waals surface area (Å²) in [6, 6.07) is 13.5. The molecular formula is C19H22BrNO4. The quantitative estimate of drug-likeness (QED) is 0.724. The van der Waals surface area contributed by atoms with E-state index in [1.54, 1.807) is 21.1 Å². The lowest BCUT2D eigenvalue weighted by molar-refractivity contribution is -0.132. The zero-order valence-corrected chi connectivity index (χ0v) is 16.1. The average molecular weight is 408 g/mol. The predicted octanol–water partition coefficient (Wildman–Crippen LogP) is 3.69. The number of carbonyl (C=O) groups is 1. The number of hydrogen-bond acceptors (Lipinski definition) is 4. The first-order valence-corrected chi connectivity index (χ1v) is 8.68. The van der Waals surface area contributed by atoms with Crippen LogP contribution in [0.5, 0.6) is 11.5 Å². The highest BCUT2D eigenvalue weighted by atomic mass is 79.9. The molecule has 134 valence electrons. The van der Waals surface area contributed by atoms with E-state index in [-0.39, 0.29) is 5.91 Å². The smallest absolute Gasteiger partial charge is 0.249 e. The summed E-state index contributed by atoms with van der Waals surface area (Å²) in [5, 5.41) is 2.87. The molecule has 2 rings (SSSR count). The molecule has 25 heavy (non-hydrogen) atoms. The number of halogens is 1. The van der Waals surface area contributed by atoms with Crippen LogP contribution in [0, 0.1) is 0 Å². The van der Waals surface area contributed by atoms with Crippen LogP contribution in [0.15, 0.2) is 46.9 Å². The van der Waals surface area contributed by atoms with Gasteiger partial charge in [0.05, 0.1) is 25.3 Å². The molecular weight excluding hydrogens is 386 g/mol. The van der Waals surface area contributed by atoms with Gasteiger partial charge in [0.1, 0.15) is 6.10 Å². The molecule has 0 heterocycles. The van der Waals surface area contributed by atoms with E-state index in [1.807, 2.05) is 42.5 Å². The molecule has 0 bridgehead atoms. The van der Waals surface area contributed by atoms with Crippen molar-refractivity contribution < 1.29 is 19.0 Å².